The normalized spacial score (nSPS) is 16.7. The number of carbonyl (C=O) groups is 1. The minimum absolute atomic E-state index is 0.211. The number of piperidine rings is 1. The highest BCUT2D eigenvalue weighted by molar-refractivity contribution is 5.91. The minimum Gasteiger partial charge on any atom is -0.347 e. The summed E-state index contributed by atoms with van der Waals surface area (Å²) in [5, 5.41) is 14.6. The maximum atomic E-state index is 12.5. The van der Waals surface area contributed by atoms with E-state index in [9.17, 15) is 4.79 Å². The topological polar surface area (TPSA) is 84.7 Å². The van der Waals surface area contributed by atoms with E-state index in [-0.39, 0.29) is 11.4 Å². The fraction of sp³-hybridized carbons (Fsp3) is 0.440. The molecular formula is C25H32N6O. The first-order valence-electron chi connectivity index (χ1n) is 11.3. The fourth-order valence-corrected chi connectivity index (χ4v) is 4.14. The molecular weight excluding hydrogens is 400 g/mol. The molecule has 1 atom stereocenters. The van der Waals surface area contributed by atoms with E-state index in [0.29, 0.717) is 18.2 Å². The SMILES string of the molecule is Cc1cc(-c2ccncc2C2CCCNC2)ccc1CNC(=O)c1cn(C(C)(C)C)nn1. The Kier molecular flexibility index (Phi) is 6.37. The first-order chi connectivity index (χ1) is 15.3. The van der Waals surface area contributed by atoms with Crippen molar-refractivity contribution >= 4 is 5.91 Å². The largest absolute Gasteiger partial charge is 0.347 e. The van der Waals surface area contributed by atoms with Crippen LogP contribution in [0.15, 0.2) is 42.9 Å². The Morgan fingerprint density at radius 3 is 2.81 bits per heavy atom. The van der Waals surface area contributed by atoms with Crippen molar-refractivity contribution in [3.8, 4) is 11.1 Å². The van der Waals surface area contributed by atoms with Gasteiger partial charge in [0.05, 0.1) is 11.7 Å². The van der Waals surface area contributed by atoms with Crippen LogP contribution in [0.2, 0.25) is 0 Å². The number of amides is 1. The molecule has 1 aliphatic heterocycles. The summed E-state index contributed by atoms with van der Waals surface area (Å²) in [4.78, 5) is 16.9. The smallest absolute Gasteiger partial charge is 0.273 e. The lowest BCUT2D eigenvalue weighted by Gasteiger charge is -2.25. The standard InChI is InChI=1S/C25H32N6O/c1-17-12-18(21-9-11-27-15-22(21)20-6-5-10-26-13-20)7-8-19(17)14-28-24(32)23-16-31(30-29-23)25(2,3)4/h7-9,11-12,15-16,20,26H,5-6,10,13-14H2,1-4H3,(H,28,32). The number of carbonyl (C=O) groups excluding carboxylic acids is 1. The van der Waals surface area contributed by atoms with Crippen LogP contribution in [-0.4, -0.2) is 39.0 Å². The second-order valence-corrected chi connectivity index (χ2v) is 9.55. The molecule has 1 amide bonds. The van der Waals surface area contributed by atoms with Gasteiger partial charge in [0.2, 0.25) is 0 Å². The zero-order valence-electron chi connectivity index (χ0n) is 19.4. The van der Waals surface area contributed by atoms with Crippen molar-refractivity contribution in [3.63, 3.8) is 0 Å². The molecule has 3 aromatic rings. The van der Waals surface area contributed by atoms with Crippen LogP contribution in [0, 0.1) is 6.92 Å². The number of pyridine rings is 1. The van der Waals surface area contributed by atoms with Crippen molar-refractivity contribution in [3.05, 3.63) is 65.2 Å². The summed E-state index contributed by atoms with van der Waals surface area (Å²) in [6.45, 7) is 10.7. The maximum Gasteiger partial charge on any atom is 0.273 e. The van der Waals surface area contributed by atoms with Crippen LogP contribution >= 0.6 is 0 Å². The first kappa shape index (κ1) is 22.1. The monoisotopic (exact) mass is 432 g/mol. The quantitative estimate of drug-likeness (QED) is 0.641. The molecule has 1 aromatic carbocycles. The number of hydrogen-bond donors (Lipinski definition) is 2. The highest BCUT2D eigenvalue weighted by Crippen LogP contribution is 2.33. The van der Waals surface area contributed by atoms with E-state index in [0.717, 1.165) is 24.2 Å². The van der Waals surface area contributed by atoms with Crippen molar-refractivity contribution in [2.75, 3.05) is 13.1 Å². The lowest BCUT2D eigenvalue weighted by Crippen LogP contribution is -2.28. The Morgan fingerprint density at radius 2 is 2.12 bits per heavy atom. The van der Waals surface area contributed by atoms with Gasteiger partial charge in [-0.1, -0.05) is 23.4 Å². The molecule has 4 rings (SSSR count). The van der Waals surface area contributed by atoms with E-state index in [1.807, 2.05) is 33.2 Å². The van der Waals surface area contributed by atoms with E-state index >= 15 is 0 Å². The summed E-state index contributed by atoms with van der Waals surface area (Å²) in [7, 11) is 0. The van der Waals surface area contributed by atoms with Gasteiger partial charge in [0, 0.05) is 25.5 Å². The fourth-order valence-electron chi connectivity index (χ4n) is 4.14. The van der Waals surface area contributed by atoms with Crippen LogP contribution in [0.25, 0.3) is 11.1 Å². The minimum atomic E-state index is -0.217. The zero-order valence-corrected chi connectivity index (χ0v) is 19.4. The molecule has 7 nitrogen and oxygen atoms in total. The maximum absolute atomic E-state index is 12.5. The summed E-state index contributed by atoms with van der Waals surface area (Å²) >= 11 is 0. The molecule has 1 unspecified atom stereocenters. The first-order valence-corrected chi connectivity index (χ1v) is 11.3. The number of nitrogens with one attached hydrogen (secondary N) is 2. The second kappa shape index (κ2) is 9.20. The Balaban J connectivity index is 1.47. The molecule has 0 bridgehead atoms. The van der Waals surface area contributed by atoms with Crippen molar-refractivity contribution in [1.29, 1.82) is 0 Å². The molecule has 1 aliphatic rings. The predicted octanol–water partition coefficient (Wildman–Crippen LogP) is 3.80. The van der Waals surface area contributed by atoms with Gasteiger partial charge in [-0.15, -0.1) is 5.10 Å². The summed E-state index contributed by atoms with van der Waals surface area (Å²) in [6.07, 6.45) is 7.95. The highest BCUT2D eigenvalue weighted by Gasteiger charge is 2.20. The van der Waals surface area contributed by atoms with Crippen LogP contribution in [-0.2, 0) is 12.1 Å². The third-order valence-corrected chi connectivity index (χ3v) is 6.09. The van der Waals surface area contributed by atoms with Crippen LogP contribution in [0.5, 0.6) is 0 Å². The van der Waals surface area contributed by atoms with Gasteiger partial charge < -0.3 is 10.6 Å². The third-order valence-electron chi connectivity index (χ3n) is 6.09. The molecule has 0 saturated carbocycles. The number of benzene rings is 1. The third kappa shape index (κ3) is 4.88. The van der Waals surface area contributed by atoms with Crippen LogP contribution in [0.1, 0.15) is 66.7 Å². The molecule has 2 N–H and O–H groups in total. The van der Waals surface area contributed by atoms with Crippen molar-refractivity contribution in [2.45, 2.75) is 58.5 Å². The average Bonchev–Trinajstić information content (AvgIpc) is 3.30. The number of rotatable bonds is 5. The lowest BCUT2D eigenvalue weighted by molar-refractivity contribution is 0.0945. The van der Waals surface area contributed by atoms with Gasteiger partial charge in [0.1, 0.15) is 0 Å². The summed E-state index contributed by atoms with van der Waals surface area (Å²) < 4.78 is 1.70. The van der Waals surface area contributed by atoms with Gasteiger partial charge in [-0.05, 0) is 86.9 Å². The van der Waals surface area contributed by atoms with Gasteiger partial charge in [-0.3, -0.25) is 9.78 Å². The molecule has 0 spiro atoms. The van der Waals surface area contributed by atoms with Crippen LogP contribution in [0.4, 0.5) is 0 Å². The van der Waals surface area contributed by atoms with Crippen LogP contribution in [0.3, 0.4) is 0 Å². The molecule has 7 heteroatoms. The summed E-state index contributed by atoms with van der Waals surface area (Å²) in [5.74, 6) is 0.276. The Morgan fingerprint density at radius 1 is 1.28 bits per heavy atom. The number of aryl methyl sites for hydroxylation is 1. The van der Waals surface area contributed by atoms with E-state index in [1.54, 1.807) is 10.9 Å². The summed E-state index contributed by atoms with van der Waals surface area (Å²) in [5.41, 5.74) is 6.09. The highest BCUT2D eigenvalue weighted by atomic mass is 16.2. The number of aromatic nitrogens is 4. The Hall–Kier alpha value is -3.06. The van der Waals surface area contributed by atoms with Crippen molar-refractivity contribution in [2.24, 2.45) is 0 Å². The van der Waals surface area contributed by atoms with Gasteiger partial charge in [-0.25, -0.2) is 4.68 Å². The Bertz CT molecular complexity index is 1090. The van der Waals surface area contributed by atoms with Gasteiger partial charge in [0.15, 0.2) is 5.69 Å². The second-order valence-electron chi connectivity index (χ2n) is 9.55. The Labute approximate surface area is 189 Å². The number of nitrogens with zero attached hydrogens (tertiary/aromatic N) is 4. The average molecular weight is 433 g/mol. The van der Waals surface area contributed by atoms with Gasteiger partial charge in [-0.2, -0.15) is 0 Å². The molecule has 32 heavy (non-hydrogen) atoms. The van der Waals surface area contributed by atoms with E-state index < -0.39 is 0 Å². The lowest BCUT2D eigenvalue weighted by atomic mass is 9.87. The molecule has 1 fully saturated rings. The molecule has 2 aromatic heterocycles. The molecule has 1 saturated heterocycles. The molecule has 3 heterocycles. The molecule has 0 aliphatic carbocycles. The predicted molar refractivity (Wildman–Crippen MR) is 125 cm³/mol. The van der Waals surface area contributed by atoms with Crippen LogP contribution < -0.4 is 10.6 Å². The van der Waals surface area contributed by atoms with E-state index in [4.69, 9.17) is 0 Å². The van der Waals surface area contributed by atoms with Crippen molar-refractivity contribution in [1.82, 2.24) is 30.6 Å². The van der Waals surface area contributed by atoms with Gasteiger partial charge >= 0.3 is 0 Å². The number of hydrogen-bond acceptors (Lipinski definition) is 5. The van der Waals surface area contributed by atoms with Crippen molar-refractivity contribution < 1.29 is 4.79 Å². The van der Waals surface area contributed by atoms with E-state index in [2.05, 4.69) is 57.1 Å². The van der Waals surface area contributed by atoms with E-state index in [1.165, 1.54) is 29.5 Å². The summed E-state index contributed by atoms with van der Waals surface area (Å²) in [6, 6.07) is 8.55. The molecule has 168 valence electrons. The molecule has 0 radical (unpaired) electrons. The van der Waals surface area contributed by atoms with Gasteiger partial charge in [0.25, 0.3) is 5.91 Å². The zero-order chi connectivity index (χ0) is 22.7.